The van der Waals surface area contributed by atoms with Crippen LogP contribution in [-0.4, -0.2) is 43.3 Å². The van der Waals surface area contributed by atoms with Gasteiger partial charge in [0.2, 0.25) is 11.3 Å². The number of aryl methyl sites for hydroxylation is 3. The van der Waals surface area contributed by atoms with Crippen LogP contribution < -0.4 is 0 Å². The summed E-state index contributed by atoms with van der Waals surface area (Å²) >= 11 is 0. The van der Waals surface area contributed by atoms with Crippen molar-refractivity contribution in [2.75, 3.05) is 0 Å². The molecule has 0 amide bonds. The molecule has 7 rings (SSSR count). The number of aromatic nitrogens is 4. The first kappa shape index (κ1) is 30.4. The van der Waals surface area contributed by atoms with Crippen molar-refractivity contribution in [1.82, 2.24) is 19.1 Å². The smallest absolute Gasteiger partial charge is 0.274 e. The number of carbonyl (C=O) groups is 2. The molecule has 6 nitrogen and oxygen atoms in total. The lowest BCUT2D eigenvalue weighted by Gasteiger charge is -2.38. The molecular formula is C35H24F6N4O2. The molecule has 6 aromatic rings. The van der Waals surface area contributed by atoms with Crippen molar-refractivity contribution in [1.29, 1.82) is 0 Å². The highest BCUT2D eigenvalue weighted by Crippen LogP contribution is 2.57. The number of hydrogen-bond acceptors (Lipinski definition) is 4. The van der Waals surface area contributed by atoms with Gasteiger partial charge in [0.1, 0.15) is 11.6 Å². The number of halogens is 6. The predicted molar refractivity (Wildman–Crippen MR) is 163 cm³/mol. The lowest BCUT2D eigenvalue weighted by Crippen LogP contribution is -2.54. The Morgan fingerprint density at radius 2 is 1.23 bits per heavy atom. The Hall–Kier alpha value is -5.26. The van der Waals surface area contributed by atoms with E-state index in [0.29, 0.717) is 50.6 Å². The highest BCUT2D eigenvalue weighted by Gasteiger charge is 2.72. The molecule has 0 fully saturated rings. The SMILES string of the molecule is CC(=O)n1c(C)nc2ccc(-c3ccc4nc5n(c4c3)C(=O)c3cc(C(c4ccc(C)c(C)c4)(C(F)(F)F)C(F)(F)F)ccc3-5)cc21. The summed E-state index contributed by atoms with van der Waals surface area (Å²) in [6.45, 7) is 6.17. The highest BCUT2D eigenvalue weighted by molar-refractivity contribution is 6.13. The van der Waals surface area contributed by atoms with E-state index in [1.807, 2.05) is 0 Å². The molecule has 238 valence electrons. The van der Waals surface area contributed by atoms with Gasteiger partial charge in [-0.05, 0) is 84.5 Å². The first-order valence-corrected chi connectivity index (χ1v) is 14.5. The fourth-order valence-corrected chi connectivity index (χ4v) is 6.64. The molecule has 0 bridgehead atoms. The Morgan fingerprint density at radius 1 is 0.660 bits per heavy atom. The zero-order valence-corrected chi connectivity index (χ0v) is 25.3. The Labute approximate surface area is 263 Å². The Morgan fingerprint density at radius 3 is 1.83 bits per heavy atom. The van der Waals surface area contributed by atoms with Crippen LogP contribution in [0.25, 0.3) is 44.6 Å². The summed E-state index contributed by atoms with van der Waals surface area (Å²) in [6, 6.07) is 16.0. The third-order valence-corrected chi connectivity index (χ3v) is 9.04. The molecule has 0 saturated heterocycles. The number of nitrogens with zero attached hydrogens (tertiary/aromatic N) is 4. The number of rotatable bonds is 3. The molecule has 2 aromatic heterocycles. The molecule has 0 radical (unpaired) electrons. The van der Waals surface area contributed by atoms with E-state index in [2.05, 4.69) is 9.97 Å². The van der Waals surface area contributed by atoms with Gasteiger partial charge in [0.15, 0.2) is 0 Å². The van der Waals surface area contributed by atoms with Gasteiger partial charge in [-0.25, -0.2) is 9.97 Å². The van der Waals surface area contributed by atoms with Gasteiger partial charge in [0.05, 0.1) is 27.6 Å². The minimum absolute atomic E-state index is 0.111. The lowest BCUT2D eigenvalue weighted by molar-refractivity contribution is -0.288. The summed E-state index contributed by atoms with van der Waals surface area (Å²) in [5.74, 6) is -0.378. The van der Waals surface area contributed by atoms with Crippen molar-refractivity contribution < 1.29 is 35.9 Å². The third-order valence-electron chi connectivity index (χ3n) is 9.04. The van der Waals surface area contributed by atoms with E-state index >= 15 is 0 Å². The number of carbonyl (C=O) groups excluding carboxylic acids is 2. The average Bonchev–Trinajstić information content (AvgIpc) is 3.61. The summed E-state index contributed by atoms with van der Waals surface area (Å²) < 4.78 is 91.9. The van der Waals surface area contributed by atoms with E-state index in [0.717, 1.165) is 24.3 Å². The number of hydrogen-bond donors (Lipinski definition) is 0. The minimum atomic E-state index is -5.80. The molecule has 0 unspecified atom stereocenters. The van der Waals surface area contributed by atoms with Crippen LogP contribution >= 0.6 is 0 Å². The van der Waals surface area contributed by atoms with Crippen LogP contribution in [0.2, 0.25) is 0 Å². The molecular weight excluding hydrogens is 622 g/mol. The topological polar surface area (TPSA) is 69.8 Å². The quantitative estimate of drug-likeness (QED) is 0.180. The summed E-state index contributed by atoms with van der Waals surface area (Å²) in [5, 5.41) is 0. The van der Waals surface area contributed by atoms with Crippen LogP contribution in [0.15, 0.2) is 72.8 Å². The average molecular weight is 647 g/mol. The van der Waals surface area contributed by atoms with Crippen LogP contribution in [0.4, 0.5) is 26.3 Å². The normalized spacial score (nSPS) is 13.4. The van der Waals surface area contributed by atoms with Crippen LogP contribution in [0.1, 0.15) is 50.2 Å². The van der Waals surface area contributed by atoms with E-state index in [1.54, 1.807) is 50.2 Å². The van der Waals surface area contributed by atoms with E-state index < -0.39 is 34.8 Å². The van der Waals surface area contributed by atoms with Gasteiger partial charge in [0, 0.05) is 12.5 Å². The van der Waals surface area contributed by atoms with Crippen LogP contribution in [0.5, 0.6) is 0 Å². The van der Waals surface area contributed by atoms with Crippen molar-refractivity contribution in [3.63, 3.8) is 0 Å². The second-order valence-electron chi connectivity index (χ2n) is 11.8. The maximum atomic E-state index is 14.9. The molecule has 1 aliphatic heterocycles. The Bertz CT molecular complexity index is 2310. The third kappa shape index (κ3) is 4.19. The van der Waals surface area contributed by atoms with Gasteiger partial charge in [-0.2, -0.15) is 26.3 Å². The molecule has 0 aliphatic carbocycles. The summed E-state index contributed by atoms with van der Waals surface area (Å²) in [4.78, 5) is 35.0. The van der Waals surface area contributed by atoms with Crippen molar-refractivity contribution in [2.24, 2.45) is 0 Å². The maximum absolute atomic E-state index is 14.9. The molecule has 0 N–H and O–H groups in total. The van der Waals surface area contributed by atoms with E-state index in [1.165, 1.54) is 29.0 Å². The van der Waals surface area contributed by atoms with E-state index in [4.69, 9.17) is 0 Å². The molecule has 0 atom stereocenters. The first-order chi connectivity index (χ1) is 22.0. The largest absolute Gasteiger partial charge is 0.411 e. The molecule has 1 aliphatic rings. The van der Waals surface area contributed by atoms with E-state index in [-0.39, 0.29) is 28.4 Å². The van der Waals surface area contributed by atoms with Gasteiger partial charge in [0.25, 0.3) is 5.91 Å². The number of alkyl halides is 6. The second-order valence-corrected chi connectivity index (χ2v) is 11.8. The Kier molecular flexibility index (Phi) is 6.38. The second kappa shape index (κ2) is 9.87. The zero-order chi connectivity index (χ0) is 33.8. The van der Waals surface area contributed by atoms with Crippen LogP contribution in [0, 0.1) is 20.8 Å². The van der Waals surface area contributed by atoms with Crippen LogP contribution in [0.3, 0.4) is 0 Å². The summed E-state index contributed by atoms with van der Waals surface area (Å²) in [5.41, 5.74) is -2.63. The summed E-state index contributed by atoms with van der Waals surface area (Å²) in [7, 11) is 0. The van der Waals surface area contributed by atoms with Gasteiger partial charge < -0.3 is 0 Å². The maximum Gasteiger partial charge on any atom is 0.411 e. The first-order valence-electron chi connectivity index (χ1n) is 14.5. The van der Waals surface area contributed by atoms with Crippen molar-refractivity contribution in [2.45, 2.75) is 45.5 Å². The van der Waals surface area contributed by atoms with Gasteiger partial charge in [-0.1, -0.05) is 42.5 Å². The molecule has 0 spiro atoms. The zero-order valence-electron chi connectivity index (χ0n) is 25.3. The molecule has 12 heteroatoms. The summed E-state index contributed by atoms with van der Waals surface area (Å²) in [6.07, 6.45) is -11.6. The van der Waals surface area contributed by atoms with Crippen molar-refractivity contribution in [3.8, 4) is 22.5 Å². The van der Waals surface area contributed by atoms with E-state index in [9.17, 15) is 35.9 Å². The van der Waals surface area contributed by atoms with Crippen LogP contribution in [-0.2, 0) is 5.41 Å². The van der Waals surface area contributed by atoms with Crippen molar-refractivity contribution >= 4 is 33.9 Å². The molecule has 0 saturated carbocycles. The van der Waals surface area contributed by atoms with Crippen molar-refractivity contribution in [3.05, 3.63) is 106 Å². The minimum Gasteiger partial charge on any atom is -0.274 e. The van der Waals surface area contributed by atoms with Gasteiger partial charge in [-0.15, -0.1) is 0 Å². The Balaban J connectivity index is 1.38. The monoisotopic (exact) mass is 646 g/mol. The number of benzene rings is 4. The lowest BCUT2D eigenvalue weighted by atomic mass is 9.71. The standard InChI is InChI=1S/C35H24F6N4O2/c1-17-5-8-23(13-18(17)2)33(34(36,37)38,35(39,40)41)24-9-10-25-26(16-24)32(47)45-30-15-22(7-12-28(30)43-31(25)45)21-6-11-27-29(14-21)44(20(4)46)19(3)42-27/h5-16H,1-4H3. The fraction of sp³-hybridized carbons (Fsp3) is 0.200. The molecule has 3 heterocycles. The molecule has 47 heavy (non-hydrogen) atoms. The van der Waals surface area contributed by atoms with Gasteiger partial charge >= 0.3 is 12.4 Å². The fourth-order valence-electron chi connectivity index (χ4n) is 6.64. The highest BCUT2D eigenvalue weighted by atomic mass is 19.4. The van der Waals surface area contributed by atoms with Gasteiger partial charge in [-0.3, -0.25) is 18.7 Å². The number of imidazole rings is 2. The number of fused-ring (bicyclic) bond motifs is 6. The predicted octanol–water partition coefficient (Wildman–Crippen LogP) is 8.72. The molecule has 4 aromatic carbocycles.